The number of rotatable bonds is 6. The maximum absolute atomic E-state index is 12.8. The number of sulfonamides is 1. The topological polar surface area (TPSA) is 95.6 Å². The normalized spacial score (nSPS) is 15.5. The number of carbonyl (C=O) groups excluding carboxylic acids is 2. The number of nitrogens with one attached hydrogen (secondary N) is 2. The second kappa shape index (κ2) is 9.40. The van der Waals surface area contributed by atoms with Crippen molar-refractivity contribution < 1.29 is 18.0 Å². The van der Waals surface area contributed by atoms with Crippen molar-refractivity contribution in [2.45, 2.75) is 26.7 Å². The van der Waals surface area contributed by atoms with Crippen LogP contribution in [0.25, 0.3) is 0 Å². The Hall–Kier alpha value is -2.71. The maximum atomic E-state index is 12.8. The zero-order valence-corrected chi connectivity index (χ0v) is 18.0. The quantitative estimate of drug-likeness (QED) is 0.737. The SMILES string of the molecule is CCS(=O)(=O)N1CCC(C(=O)Nc2ccccc2C(=O)Nc2cccc(C)c2)CC1. The number of nitrogens with zero attached hydrogens (tertiary/aromatic N) is 1. The van der Waals surface area contributed by atoms with Crippen molar-refractivity contribution in [3.8, 4) is 0 Å². The first kappa shape index (κ1) is 22.0. The molecular formula is C22H27N3O4S. The summed E-state index contributed by atoms with van der Waals surface area (Å²) in [6, 6.07) is 14.4. The highest BCUT2D eigenvalue weighted by atomic mass is 32.2. The highest BCUT2D eigenvalue weighted by Gasteiger charge is 2.30. The van der Waals surface area contributed by atoms with Crippen LogP contribution < -0.4 is 10.6 Å². The second-order valence-corrected chi connectivity index (χ2v) is 9.69. The summed E-state index contributed by atoms with van der Waals surface area (Å²) in [6.45, 7) is 4.24. The lowest BCUT2D eigenvalue weighted by atomic mass is 9.97. The summed E-state index contributed by atoms with van der Waals surface area (Å²) < 4.78 is 25.4. The predicted octanol–water partition coefficient (Wildman–Crippen LogP) is 3.25. The second-order valence-electron chi connectivity index (χ2n) is 7.43. The van der Waals surface area contributed by atoms with Gasteiger partial charge >= 0.3 is 0 Å². The summed E-state index contributed by atoms with van der Waals surface area (Å²) in [6.07, 6.45) is 0.922. The van der Waals surface area contributed by atoms with E-state index in [9.17, 15) is 18.0 Å². The Bertz CT molecular complexity index is 1030. The minimum Gasteiger partial charge on any atom is -0.325 e. The molecule has 0 saturated carbocycles. The highest BCUT2D eigenvalue weighted by Crippen LogP contribution is 2.23. The van der Waals surface area contributed by atoms with Crippen LogP contribution in [-0.2, 0) is 14.8 Å². The van der Waals surface area contributed by atoms with Crippen LogP contribution in [0.3, 0.4) is 0 Å². The molecule has 1 heterocycles. The molecule has 1 saturated heterocycles. The molecule has 0 unspecified atom stereocenters. The molecule has 0 aliphatic carbocycles. The summed E-state index contributed by atoms with van der Waals surface area (Å²) in [7, 11) is -3.23. The van der Waals surface area contributed by atoms with Crippen molar-refractivity contribution in [2.24, 2.45) is 5.92 Å². The van der Waals surface area contributed by atoms with Gasteiger partial charge in [-0.2, -0.15) is 0 Å². The third kappa shape index (κ3) is 5.25. The lowest BCUT2D eigenvalue weighted by Gasteiger charge is -2.30. The van der Waals surface area contributed by atoms with Gasteiger partial charge in [-0.15, -0.1) is 0 Å². The van der Waals surface area contributed by atoms with Crippen molar-refractivity contribution in [1.29, 1.82) is 0 Å². The molecule has 0 radical (unpaired) electrons. The van der Waals surface area contributed by atoms with Gasteiger partial charge in [0.2, 0.25) is 15.9 Å². The van der Waals surface area contributed by atoms with Crippen molar-refractivity contribution >= 4 is 33.2 Å². The van der Waals surface area contributed by atoms with E-state index in [4.69, 9.17) is 0 Å². The zero-order chi connectivity index (χ0) is 21.7. The number of para-hydroxylation sites is 1. The molecule has 160 valence electrons. The Kier molecular flexibility index (Phi) is 6.89. The molecule has 7 nitrogen and oxygen atoms in total. The zero-order valence-electron chi connectivity index (χ0n) is 17.2. The lowest BCUT2D eigenvalue weighted by molar-refractivity contribution is -0.120. The first-order valence-corrected chi connectivity index (χ1v) is 11.7. The predicted molar refractivity (Wildman–Crippen MR) is 118 cm³/mol. The molecular weight excluding hydrogens is 402 g/mol. The van der Waals surface area contributed by atoms with Crippen LogP contribution in [0.1, 0.15) is 35.7 Å². The van der Waals surface area contributed by atoms with Crippen molar-refractivity contribution in [1.82, 2.24) is 4.31 Å². The standard InChI is InChI=1S/C22H27N3O4S/c1-3-30(28,29)25-13-11-17(12-14-25)21(26)24-20-10-5-4-9-19(20)22(27)23-18-8-6-7-16(2)15-18/h4-10,15,17H,3,11-14H2,1-2H3,(H,23,27)(H,24,26). The Morgan fingerprint density at radius 2 is 1.73 bits per heavy atom. The van der Waals surface area contributed by atoms with Gasteiger partial charge in [-0.05, 0) is 56.5 Å². The van der Waals surface area contributed by atoms with Crippen LogP contribution >= 0.6 is 0 Å². The molecule has 0 atom stereocenters. The van der Waals surface area contributed by atoms with E-state index in [0.717, 1.165) is 5.56 Å². The third-order valence-electron chi connectivity index (χ3n) is 5.29. The summed E-state index contributed by atoms with van der Waals surface area (Å²) in [4.78, 5) is 25.5. The molecule has 3 rings (SSSR count). The molecule has 1 fully saturated rings. The van der Waals surface area contributed by atoms with Crippen LogP contribution in [0.4, 0.5) is 11.4 Å². The minimum absolute atomic E-state index is 0.0628. The third-order valence-corrected chi connectivity index (χ3v) is 7.17. The van der Waals surface area contributed by atoms with Gasteiger partial charge in [-0.3, -0.25) is 9.59 Å². The monoisotopic (exact) mass is 429 g/mol. The summed E-state index contributed by atoms with van der Waals surface area (Å²) >= 11 is 0. The van der Waals surface area contributed by atoms with E-state index in [0.29, 0.717) is 42.9 Å². The average molecular weight is 430 g/mol. The van der Waals surface area contributed by atoms with E-state index in [1.807, 2.05) is 31.2 Å². The van der Waals surface area contributed by atoms with Gasteiger partial charge in [-0.1, -0.05) is 24.3 Å². The van der Waals surface area contributed by atoms with Gasteiger partial charge in [0.25, 0.3) is 5.91 Å². The molecule has 2 aromatic carbocycles. The molecule has 2 aromatic rings. The van der Waals surface area contributed by atoms with E-state index in [-0.39, 0.29) is 23.5 Å². The molecule has 0 aromatic heterocycles. The van der Waals surface area contributed by atoms with Gasteiger partial charge in [0.1, 0.15) is 0 Å². The molecule has 0 bridgehead atoms. The lowest BCUT2D eigenvalue weighted by Crippen LogP contribution is -2.42. The number of aryl methyl sites for hydroxylation is 1. The summed E-state index contributed by atoms with van der Waals surface area (Å²) in [5.41, 5.74) is 2.53. The van der Waals surface area contributed by atoms with E-state index in [1.165, 1.54) is 4.31 Å². The van der Waals surface area contributed by atoms with Crippen LogP contribution in [0.2, 0.25) is 0 Å². The van der Waals surface area contributed by atoms with Crippen LogP contribution in [-0.4, -0.2) is 43.4 Å². The molecule has 30 heavy (non-hydrogen) atoms. The fraction of sp³-hybridized carbons (Fsp3) is 0.364. The Morgan fingerprint density at radius 1 is 1.03 bits per heavy atom. The van der Waals surface area contributed by atoms with E-state index >= 15 is 0 Å². The van der Waals surface area contributed by atoms with Crippen LogP contribution in [0.15, 0.2) is 48.5 Å². The van der Waals surface area contributed by atoms with E-state index in [2.05, 4.69) is 10.6 Å². The van der Waals surface area contributed by atoms with Gasteiger partial charge in [0, 0.05) is 24.7 Å². The number of piperidine rings is 1. The average Bonchev–Trinajstić information content (AvgIpc) is 2.74. The van der Waals surface area contributed by atoms with Gasteiger partial charge in [-0.25, -0.2) is 12.7 Å². The highest BCUT2D eigenvalue weighted by molar-refractivity contribution is 7.89. The maximum Gasteiger partial charge on any atom is 0.257 e. The van der Waals surface area contributed by atoms with Gasteiger partial charge in [0.05, 0.1) is 17.0 Å². The Balaban J connectivity index is 1.66. The molecule has 1 aliphatic rings. The number of amides is 2. The van der Waals surface area contributed by atoms with Crippen LogP contribution in [0.5, 0.6) is 0 Å². The molecule has 1 aliphatic heterocycles. The van der Waals surface area contributed by atoms with Crippen LogP contribution in [0, 0.1) is 12.8 Å². The first-order valence-electron chi connectivity index (χ1n) is 10.1. The fourth-order valence-electron chi connectivity index (χ4n) is 3.52. The fourth-order valence-corrected chi connectivity index (χ4v) is 4.66. The minimum atomic E-state index is -3.23. The smallest absolute Gasteiger partial charge is 0.257 e. The number of hydrogen-bond donors (Lipinski definition) is 2. The van der Waals surface area contributed by atoms with Crippen molar-refractivity contribution in [3.63, 3.8) is 0 Å². The first-order chi connectivity index (χ1) is 14.3. The summed E-state index contributed by atoms with van der Waals surface area (Å²) in [5, 5.41) is 5.72. The molecule has 2 N–H and O–H groups in total. The molecule has 0 spiro atoms. The van der Waals surface area contributed by atoms with Gasteiger partial charge in [0.15, 0.2) is 0 Å². The Labute approximate surface area is 177 Å². The van der Waals surface area contributed by atoms with Gasteiger partial charge < -0.3 is 10.6 Å². The number of hydrogen-bond acceptors (Lipinski definition) is 4. The molecule has 8 heteroatoms. The van der Waals surface area contributed by atoms with Crippen molar-refractivity contribution in [2.75, 3.05) is 29.5 Å². The largest absolute Gasteiger partial charge is 0.325 e. The van der Waals surface area contributed by atoms with Crippen molar-refractivity contribution in [3.05, 3.63) is 59.7 Å². The Morgan fingerprint density at radius 3 is 2.40 bits per heavy atom. The summed E-state index contributed by atoms with van der Waals surface area (Å²) in [5.74, 6) is -0.728. The number of benzene rings is 2. The number of carbonyl (C=O) groups is 2. The number of anilines is 2. The van der Waals surface area contributed by atoms with E-state index < -0.39 is 10.0 Å². The van der Waals surface area contributed by atoms with E-state index in [1.54, 1.807) is 31.2 Å². The molecule has 2 amide bonds.